The first kappa shape index (κ1) is 44.1. The molecule has 59 heavy (non-hydrogen) atoms. The van der Waals surface area contributed by atoms with E-state index in [9.17, 15) is 39.0 Å². The molecule has 14 heteroatoms. The Hall–Kier alpha value is -6.02. The second kappa shape index (κ2) is 20.1. The first-order chi connectivity index (χ1) is 28.2. The van der Waals surface area contributed by atoms with Crippen LogP contribution in [0.3, 0.4) is 0 Å². The van der Waals surface area contributed by atoms with Crippen LogP contribution in [0, 0.1) is 23.7 Å². The van der Waals surface area contributed by atoms with Gasteiger partial charge in [-0.2, -0.15) is 0 Å². The van der Waals surface area contributed by atoms with Gasteiger partial charge >= 0.3 is 5.97 Å². The van der Waals surface area contributed by atoms with Crippen molar-refractivity contribution in [2.75, 3.05) is 13.1 Å². The van der Waals surface area contributed by atoms with Crippen LogP contribution in [-0.4, -0.2) is 86.7 Å². The largest absolute Gasteiger partial charge is 0.508 e. The minimum atomic E-state index is -1.24. The standard InChI is InChI=1S/C45H56N6O8/c1-5-27(4)32(22-40(53)36(19-29-15-17-30(52)18-16-29)49-43(56)34(23-46)26(2)3)42(55)50-37-21-33-31-13-9-10-14-35(31)47-39(33)24-51(44(37)57)25-41(54)48-38(45(58)59)20-28-11-7-6-8-12-28/h6-18,26-27,32,34,36-38,47,52H,5,19-25,46H2,1-4H3,(H,48,54)(H,49,56)(H,50,55)(H,58,59)/t27-,32-,34-,36-,37-,38-/m0/s1. The van der Waals surface area contributed by atoms with Crippen molar-refractivity contribution in [3.63, 3.8) is 0 Å². The molecule has 4 amide bonds. The maximum atomic E-state index is 14.4. The first-order valence-electron chi connectivity index (χ1n) is 20.2. The number of carbonyl (C=O) groups is 6. The normalized spacial score (nSPS) is 16.6. The maximum absolute atomic E-state index is 14.4. The lowest BCUT2D eigenvalue weighted by Gasteiger charge is -2.29. The Morgan fingerprint density at radius 1 is 0.847 bits per heavy atom. The molecule has 2 heterocycles. The first-order valence-corrected chi connectivity index (χ1v) is 20.2. The molecule has 314 valence electrons. The van der Waals surface area contributed by atoms with Crippen molar-refractivity contribution < 1.29 is 39.0 Å². The number of carbonyl (C=O) groups excluding carboxylic acids is 5. The molecule has 4 aromatic rings. The number of carboxylic acids is 1. The summed E-state index contributed by atoms with van der Waals surface area (Å²) in [5.41, 5.74) is 9.63. The zero-order valence-electron chi connectivity index (χ0n) is 34.1. The summed E-state index contributed by atoms with van der Waals surface area (Å²) in [6, 6.07) is 19.4. The third kappa shape index (κ3) is 11.3. The van der Waals surface area contributed by atoms with E-state index >= 15 is 0 Å². The zero-order valence-corrected chi connectivity index (χ0v) is 34.1. The summed E-state index contributed by atoms with van der Waals surface area (Å²) in [7, 11) is 0. The van der Waals surface area contributed by atoms with Crippen LogP contribution in [0.1, 0.15) is 62.9 Å². The predicted molar refractivity (Wildman–Crippen MR) is 223 cm³/mol. The lowest BCUT2D eigenvalue weighted by molar-refractivity contribution is -0.143. The molecule has 0 fully saturated rings. The fraction of sp³-hybridized carbons (Fsp3) is 0.422. The predicted octanol–water partition coefficient (Wildman–Crippen LogP) is 3.64. The number of rotatable bonds is 19. The third-order valence-electron chi connectivity index (χ3n) is 11.4. The van der Waals surface area contributed by atoms with E-state index in [0.717, 1.165) is 22.0 Å². The number of carboxylic acid groups (broad SMARTS) is 1. The van der Waals surface area contributed by atoms with Crippen molar-refractivity contribution in [3.05, 3.63) is 101 Å². The Labute approximate surface area is 344 Å². The highest BCUT2D eigenvalue weighted by Gasteiger charge is 2.38. The topological polar surface area (TPSA) is 224 Å². The Bertz CT molecular complexity index is 2120. The lowest BCUT2D eigenvalue weighted by Crippen LogP contribution is -2.54. The van der Waals surface area contributed by atoms with Gasteiger partial charge in [0.1, 0.15) is 24.4 Å². The Morgan fingerprint density at radius 2 is 1.49 bits per heavy atom. The Morgan fingerprint density at radius 3 is 2.14 bits per heavy atom. The van der Waals surface area contributed by atoms with Gasteiger partial charge in [0.2, 0.25) is 23.6 Å². The van der Waals surface area contributed by atoms with Crippen molar-refractivity contribution in [2.24, 2.45) is 29.4 Å². The minimum absolute atomic E-state index is 0.00511. The van der Waals surface area contributed by atoms with Crippen LogP contribution in [0.4, 0.5) is 0 Å². The number of phenols is 1. The van der Waals surface area contributed by atoms with Gasteiger partial charge in [-0.3, -0.25) is 24.0 Å². The van der Waals surface area contributed by atoms with Crippen LogP contribution in [0.25, 0.3) is 10.9 Å². The van der Waals surface area contributed by atoms with Gasteiger partial charge in [0.25, 0.3) is 0 Å². The summed E-state index contributed by atoms with van der Waals surface area (Å²) in [4.78, 5) is 86.7. The second-order valence-corrected chi connectivity index (χ2v) is 15.9. The fourth-order valence-electron chi connectivity index (χ4n) is 7.66. The number of aromatic hydroxyl groups is 1. The van der Waals surface area contributed by atoms with Crippen molar-refractivity contribution in [2.45, 2.75) is 84.5 Å². The van der Waals surface area contributed by atoms with Gasteiger partial charge in [-0.05, 0) is 53.1 Å². The smallest absolute Gasteiger partial charge is 0.326 e. The van der Waals surface area contributed by atoms with E-state index < -0.39 is 60.2 Å². The molecule has 1 aliphatic heterocycles. The van der Waals surface area contributed by atoms with E-state index in [4.69, 9.17) is 5.73 Å². The summed E-state index contributed by atoms with van der Waals surface area (Å²) in [6.45, 7) is 7.12. The van der Waals surface area contributed by atoms with E-state index in [2.05, 4.69) is 20.9 Å². The van der Waals surface area contributed by atoms with E-state index in [1.165, 1.54) is 17.0 Å². The zero-order chi connectivity index (χ0) is 42.8. The number of nitrogens with two attached hydrogens (primary N) is 1. The number of hydrogen-bond acceptors (Lipinski definition) is 8. The number of para-hydroxylation sites is 1. The fourth-order valence-corrected chi connectivity index (χ4v) is 7.66. The molecule has 0 aliphatic carbocycles. The number of hydrogen-bond donors (Lipinski definition) is 7. The molecule has 5 rings (SSSR count). The number of Topliss-reactive ketones (excluding diaryl/α,β-unsaturated/α-hetero) is 1. The molecule has 1 aliphatic rings. The van der Waals surface area contributed by atoms with Crippen LogP contribution >= 0.6 is 0 Å². The van der Waals surface area contributed by atoms with Gasteiger partial charge in [0, 0.05) is 48.3 Å². The number of H-pyrrole nitrogens is 1. The summed E-state index contributed by atoms with van der Waals surface area (Å²) in [6.07, 6.45) is 0.562. The van der Waals surface area contributed by atoms with Crippen molar-refractivity contribution in [1.29, 1.82) is 0 Å². The lowest BCUT2D eigenvalue weighted by atomic mass is 9.84. The quantitative estimate of drug-likeness (QED) is 0.0734. The van der Waals surface area contributed by atoms with Gasteiger partial charge in [-0.25, -0.2) is 4.79 Å². The average molecular weight is 809 g/mol. The minimum Gasteiger partial charge on any atom is -0.508 e. The molecule has 0 radical (unpaired) electrons. The molecule has 0 spiro atoms. The number of benzene rings is 3. The van der Waals surface area contributed by atoms with E-state index in [-0.39, 0.29) is 68.0 Å². The number of fused-ring (bicyclic) bond motifs is 3. The highest BCUT2D eigenvalue weighted by molar-refractivity contribution is 5.97. The number of ketones is 1. The average Bonchev–Trinajstić information content (AvgIpc) is 3.49. The SMILES string of the molecule is CC[C@H](C)[C@H](CC(=O)[C@H](Cc1ccc(O)cc1)NC(=O)[C@@H](CN)C(C)C)C(=O)N[C@H]1Cc2c([nH]c3ccccc23)CN(CC(=O)N[C@@H](Cc2ccccc2)C(=O)O)C1=O. The van der Waals surface area contributed by atoms with Crippen LogP contribution < -0.4 is 21.7 Å². The van der Waals surface area contributed by atoms with Crippen LogP contribution in [0.5, 0.6) is 5.75 Å². The van der Waals surface area contributed by atoms with Gasteiger partial charge in [-0.1, -0.05) is 94.8 Å². The number of nitrogens with one attached hydrogen (secondary N) is 4. The molecule has 1 aromatic heterocycles. The molecule has 3 aromatic carbocycles. The maximum Gasteiger partial charge on any atom is 0.326 e. The molecule has 0 bridgehead atoms. The molecule has 14 nitrogen and oxygen atoms in total. The second-order valence-electron chi connectivity index (χ2n) is 15.9. The molecule has 0 unspecified atom stereocenters. The van der Waals surface area contributed by atoms with Gasteiger partial charge in [0.15, 0.2) is 5.78 Å². The van der Waals surface area contributed by atoms with Crippen molar-refractivity contribution >= 4 is 46.3 Å². The van der Waals surface area contributed by atoms with Crippen LogP contribution in [-0.2, 0) is 54.6 Å². The van der Waals surface area contributed by atoms with E-state index in [1.807, 2.05) is 58.0 Å². The molecule has 6 atom stereocenters. The highest BCUT2D eigenvalue weighted by Crippen LogP contribution is 2.29. The summed E-state index contributed by atoms with van der Waals surface area (Å²) in [5.74, 6) is -5.47. The van der Waals surface area contributed by atoms with Crippen LogP contribution in [0.15, 0.2) is 78.9 Å². The number of amides is 4. The Kier molecular flexibility index (Phi) is 15.0. The monoisotopic (exact) mass is 808 g/mol. The van der Waals surface area contributed by atoms with Crippen LogP contribution in [0.2, 0.25) is 0 Å². The van der Waals surface area contributed by atoms with Gasteiger partial charge in [0.05, 0.1) is 18.5 Å². The van der Waals surface area contributed by atoms with Gasteiger partial charge in [-0.15, -0.1) is 0 Å². The summed E-state index contributed by atoms with van der Waals surface area (Å²) >= 11 is 0. The highest BCUT2D eigenvalue weighted by atomic mass is 16.4. The third-order valence-corrected chi connectivity index (χ3v) is 11.4. The molecule has 0 saturated heterocycles. The number of aromatic nitrogens is 1. The molecular formula is C45H56N6O8. The number of aromatic amines is 1. The summed E-state index contributed by atoms with van der Waals surface area (Å²) in [5, 5.41) is 29.0. The van der Waals surface area contributed by atoms with Crippen molar-refractivity contribution in [1.82, 2.24) is 25.8 Å². The molecule has 0 saturated carbocycles. The Balaban J connectivity index is 1.39. The summed E-state index contributed by atoms with van der Waals surface area (Å²) < 4.78 is 0. The van der Waals surface area contributed by atoms with Gasteiger partial charge < -0.3 is 41.8 Å². The molecule has 8 N–H and O–H groups in total. The number of aliphatic carboxylic acids is 1. The van der Waals surface area contributed by atoms with Crippen molar-refractivity contribution in [3.8, 4) is 5.75 Å². The molecular weight excluding hydrogens is 753 g/mol. The number of phenolic OH excluding ortho intramolecular Hbond substituents is 1. The van der Waals surface area contributed by atoms with E-state index in [0.29, 0.717) is 17.7 Å². The van der Waals surface area contributed by atoms with E-state index in [1.54, 1.807) is 36.4 Å². The number of nitrogens with zero attached hydrogens (tertiary/aromatic N) is 1.